The maximum Gasteiger partial charge on any atom is 0.257 e. The van der Waals surface area contributed by atoms with Gasteiger partial charge in [-0.05, 0) is 38.2 Å². The molecule has 0 bridgehead atoms. The Hall–Kier alpha value is -1.89. The molecule has 21 heavy (non-hydrogen) atoms. The molecule has 1 aliphatic rings. The summed E-state index contributed by atoms with van der Waals surface area (Å²) in [5.41, 5.74) is 0.657. The SMILES string of the molecule is CSc1ncccc1C(=O)N1CCC[C@H]1c1n[nH]c(C)n1. The number of nitrogens with zero attached hydrogens (tertiary/aromatic N) is 4. The Morgan fingerprint density at radius 2 is 2.38 bits per heavy atom. The second-order valence-corrected chi connectivity index (χ2v) is 5.79. The minimum absolute atomic E-state index is 0.0115. The fourth-order valence-electron chi connectivity index (χ4n) is 2.66. The van der Waals surface area contributed by atoms with Crippen molar-refractivity contribution in [1.82, 2.24) is 25.1 Å². The van der Waals surface area contributed by atoms with Crippen molar-refractivity contribution in [2.24, 2.45) is 0 Å². The molecule has 1 aliphatic heterocycles. The van der Waals surface area contributed by atoms with Gasteiger partial charge in [-0.1, -0.05) is 0 Å². The molecule has 1 amide bonds. The van der Waals surface area contributed by atoms with Crippen LogP contribution in [0.3, 0.4) is 0 Å². The van der Waals surface area contributed by atoms with Gasteiger partial charge >= 0.3 is 0 Å². The van der Waals surface area contributed by atoms with E-state index < -0.39 is 0 Å². The van der Waals surface area contributed by atoms with E-state index in [0.29, 0.717) is 11.4 Å². The predicted molar refractivity (Wildman–Crippen MR) is 80.1 cm³/mol. The number of rotatable bonds is 3. The Bertz CT molecular complexity index is 656. The van der Waals surface area contributed by atoms with E-state index in [-0.39, 0.29) is 11.9 Å². The number of thioether (sulfide) groups is 1. The van der Waals surface area contributed by atoms with Crippen molar-refractivity contribution in [3.05, 3.63) is 35.5 Å². The number of amides is 1. The van der Waals surface area contributed by atoms with E-state index >= 15 is 0 Å². The first-order valence-corrected chi connectivity index (χ1v) is 8.12. The molecule has 2 aromatic rings. The lowest BCUT2D eigenvalue weighted by Crippen LogP contribution is -2.31. The number of hydrogen-bond acceptors (Lipinski definition) is 5. The molecule has 1 N–H and O–H groups in total. The first kappa shape index (κ1) is 14.1. The van der Waals surface area contributed by atoms with Crippen molar-refractivity contribution in [1.29, 1.82) is 0 Å². The summed E-state index contributed by atoms with van der Waals surface area (Å²) in [7, 11) is 0. The third kappa shape index (κ3) is 2.65. The summed E-state index contributed by atoms with van der Waals surface area (Å²) in [5, 5.41) is 7.83. The molecule has 7 heteroatoms. The summed E-state index contributed by atoms with van der Waals surface area (Å²) in [4.78, 5) is 23.3. The molecule has 0 spiro atoms. The summed E-state index contributed by atoms with van der Waals surface area (Å²) >= 11 is 1.49. The van der Waals surface area contributed by atoms with Crippen LogP contribution in [0.4, 0.5) is 0 Å². The van der Waals surface area contributed by atoms with E-state index in [1.165, 1.54) is 11.8 Å². The molecule has 3 rings (SSSR count). The lowest BCUT2D eigenvalue weighted by atomic mass is 10.2. The summed E-state index contributed by atoms with van der Waals surface area (Å²) in [6, 6.07) is 3.59. The number of aromatic amines is 1. The Labute approximate surface area is 127 Å². The van der Waals surface area contributed by atoms with E-state index in [1.807, 2.05) is 24.1 Å². The van der Waals surface area contributed by atoms with E-state index in [4.69, 9.17) is 0 Å². The smallest absolute Gasteiger partial charge is 0.257 e. The molecule has 110 valence electrons. The Kier molecular flexibility index (Phi) is 3.92. The van der Waals surface area contributed by atoms with Crippen LogP contribution in [0.5, 0.6) is 0 Å². The van der Waals surface area contributed by atoms with Gasteiger partial charge in [0.15, 0.2) is 5.82 Å². The number of hydrogen-bond donors (Lipinski definition) is 1. The lowest BCUT2D eigenvalue weighted by Gasteiger charge is -2.23. The van der Waals surface area contributed by atoms with Gasteiger partial charge in [-0.3, -0.25) is 9.89 Å². The molecule has 1 atom stereocenters. The number of aromatic nitrogens is 4. The highest BCUT2D eigenvalue weighted by Crippen LogP contribution is 2.32. The molecular formula is C14H17N5OS. The molecule has 0 unspecified atom stereocenters. The minimum atomic E-state index is -0.0441. The van der Waals surface area contributed by atoms with E-state index in [1.54, 1.807) is 12.3 Å². The van der Waals surface area contributed by atoms with Crippen LogP contribution in [0.25, 0.3) is 0 Å². The quantitative estimate of drug-likeness (QED) is 0.880. The normalized spacial score (nSPS) is 18.2. The van der Waals surface area contributed by atoms with Crippen LogP contribution >= 0.6 is 11.8 Å². The fraction of sp³-hybridized carbons (Fsp3) is 0.429. The maximum absolute atomic E-state index is 12.8. The highest BCUT2D eigenvalue weighted by molar-refractivity contribution is 7.98. The monoisotopic (exact) mass is 303 g/mol. The van der Waals surface area contributed by atoms with Crippen molar-refractivity contribution in [3.8, 4) is 0 Å². The molecule has 1 saturated heterocycles. The van der Waals surface area contributed by atoms with Crippen molar-refractivity contribution in [2.75, 3.05) is 12.8 Å². The van der Waals surface area contributed by atoms with Gasteiger partial charge in [0.2, 0.25) is 0 Å². The number of carbonyl (C=O) groups is 1. The average molecular weight is 303 g/mol. The highest BCUT2D eigenvalue weighted by atomic mass is 32.2. The van der Waals surface area contributed by atoms with Gasteiger partial charge in [0, 0.05) is 12.7 Å². The molecule has 0 saturated carbocycles. The second-order valence-electron chi connectivity index (χ2n) is 5.00. The summed E-state index contributed by atoms with van der Waals surface area (Å²) in [6.45, 7) is 2.60. The van der Waals surface area contributed by atoms with Gasteiger partial charge in [0.25, 0.3) is 5.91 Å². The molecule has 0 aliphatic carbocycles. The summed E-state index contributed by atoms with van der Waals surface area (Å²) < 4.78 is 0. The van der Waals surface area contributed by atoms with Gasteiger partial charge < -0.3 is 4.90 Å². The van der Waals surface area contributed by atoms with Crippen LogP contribution in [0.15, 0.2) is 23.4 Å². The first-order chi connectivity index (χ1) is 10.2. The van der Waals surface area contributed by atoms with Gasteiger partial charge in [0.05, 0.1) is 11.6 Å². The van der Waals surface area contributed by atoms with Crippen LogP contribution in [0.2, 0.25) is 0 Å². The van der Waals surface area contributed by atoms with Crippen LogP contribution in [-0.4, -0.2) is 43.8 Å². The van der Waals surface area contributed by atoms with Gasteiger partial charge in [0.1, 0.15) is 10.9 Å². The van der Waals surface area contributed by atoms with E-state index in [0.717, 1.165) is 30.2 Å². The maximum atomic E-state index is 12.8. The fourth-order valence-corrected chi connectivity index (χ4v) is 3.20. The zero-order valence-corrected chi connectivity index (χ0v) is 12.9. The molecule has 6 nitrogen and oxygen atoms in total. The number of H-pyrrole nitrogens is 1. The van der Waals surface area contributed by atoms with E-state index in [2.05, 4.69) is 20.2 Å². The summed E-state index contributed by atoms with van der Waals surface area (Å²) in [6.07, 6.45) is 5.51. The number of likely N-dealkylation sites (tertiary alicyclic amines) is 1. The van der Waals surface area contributed by atoms with Crippen LogP contribution in [0.1, 0.15) is 40.9 Å². The zero-order valence-electron chi connectivity index (χ0n) is 12.0. The van der Waals surface area contributed by atoms with Gasteiger partial charge in [-0.25, -0.2) is 9.97 Å². The molecule has 0 radical (unpaired) electrons. The average Bonchev–Trinajstić information content (AvgIpc) is 3.14. The van der Waals surface area contributed by atoms with Crippen LogP contribution in [0, 0.1) is 6.92 Å². The molecule has 0 aromatic carbocycles. The second kappa shape index (κ2) is 5.85. The molecular weight excluding hydrogens is 286 g/mol. The highest BCUT2D eigenvalue weighted by Gasteiger charge is 2.34. The third-order valence-corrected chi connectivity index (χ3v) is 4.33. The lowest BCUT2D eigenvalue weighted by molar-refractivity contribution is 0.0725. The topological polar surface area (TPSA) is 74.8 Å². The number of aryl methyl sites for hydroxylation is 1. The van der Waals surface area contributed by atoms with Crippen molar-refractivity contribution in [2.45, 2.75) is 30.8 Å². The zero-order chi connectivity index (χ0) is 14.8. The van der Waals surface area contributed by atoms with Crippen LogP contribution < -0.4 is 0 Å². The van der Waals surface area contributed by atoms with Crippen molar-refractivity contribution >= 4 is 17.7 Å². The van der Waals surface area contributed by atoms with Crippen molar-refractivity contribution < 1.29 is 4.79 Å². The number of carbonyl (C=O) groups excluding carboxylic acids is 1. The number of nitrogens with one attached hydrogen (secondary N) is 1. The third-order valence-electron chi connectivity index (χ3n) is 3.62. The van der Waals surface area contributed by atoms with Gasteiger partial charge in [-0.15, -0.1) is 11.8 Å². The molecule has 3 heterocycles. The Balaban J connectivity index is 1.89. The minimum Gasteiger partial charge on any atom is -0.328 e. The first-order valence-electron chi connectivity index (χ1n) is 6.89. The van der Waals surface area contributed by atoms with Crippen LogP contribution in [-0.2, 0) is 0 Å². The molecule has 2 aromatic heterocycles. The van der Waals surface area contributed by atoms with Gasteiger partial charge in [-0.2, -0.15) is 5.10 Å². The largest absolute Gasteiger partial charge is 0.328 e. The van der Waals surface area contributed by atoms with E-state index in [9.17, 15) is 4.79 Å². The van der Waals surface area contributed by atoms with Crippen molar-refractivity contribution in [3.63, 3.8) is 0 Å². The Morgan fingerprint density at radius 1 is 1.52 bits per heavy atom. The standard InChI is InChI=1S/C14H17N5OS/c1-9-16-12(18-17-9)11-6-4-8-19(11)14(20)10-5-3-7-15-13(10)21-2/h3,5,7,11H,4,6,8H2,1-2H3,(H,16,17,18)/t11-/m0/s1. The predicted octanol–water partition coefficient (Wildman–Crippen LogP) is 2.21. The number of pyridine rings is 1. The summed E-state index contributed by atoms with van der Waals surface area (Å²) in [5.74, 6) is 1.49. The molecule has 1 fully saturated rings. The Morgan fingerprint density at radius 3 is 3.10 bits per heavy atom.